The van der Waals surface area contributed by atoms with E-state index in [9.17, 15) is 4.57 Å². The summed E-state index contributed by atoms with van der Waals surface area (Å²) in [5.41, 5.74) is 0. The first-order valence-electron chi connectivity index (χ1n) is 19.2. The number of hydrogen-bond donors (Lipinski definition) is 0. The fourth-order valence-electron chi connectivity index (χ4n) is 5.25. The SMILES string of the molecule is CCCCCCCCC=CCCCCCCCCOP(=O)(OCCCCCCCCC=CCCCCCCCC)OOCC. The van der Waals surface area contributed by atoms with Crippen molar-refractivity contribution < 1.29 is 23.2 Å². The summed E-state index contributed by atoms with van der Waals surface area (Å²) in [6.07, 6.45) is 44.6. The highest BCUT2D eigenvalue weighted by Gasteiger charge is 2.28. The van der Waals surface area contributed by atoms with Crippen molar-refractivity contribution >= 4 is 7.82 Å². The Morgan fingerprint density at radius 1 is 0.409 bits per heavy atom. The number of rotatable bonds is 37. The van der Waals surface area contributed by atoms with Gasteiger partial charge in [0.15, 0.2) is 0 Å². The standard InChI is InChI=1S/C38H75O5P/c1-4-7-9-11-13-15-17-19-21-23-25-27-29-31-33-35-37-41-44(39,43-40-6-3)42-38-36-34-32-30-28-26-24-22-20-18-16-14-12-10-8-5-2/h19-22H,4-18,23-38H2,1-3H3. The zero-order valence-corrected chi connectivity index (χ0v) is 30.6. The number of hydrogen-bond acceptors (Lipinski definition) is 5. The minimum Gasteiger partial charge on any atom is -0.285 e. The van der Waals surface area contributed by atoms with E-state index in [0.717, 1.165) is 25.7 Å². The number of unbranched alkanes of at least 4 members (excludes halogenated alkanes) is 24. The van der Waals surface area contributed by atoms with Crippen LogP contribution in [-0.4, -0.2) is 19.8 Å². The molecule has 0 saturated carbocycles. The van der Waals surface area contributed by atoms with E-state index in [0.29, 0.717) is 19.8 Å². The molecule has 0 radical (unpaired) electrons. The van der Waals surface area contributed by atoms with E-state index in [1.807, 2.05) is 0 Å². The first-order valence-corrected chi connectivity index (χ1v) is 20.6. The predicted octanol–water partition coefficient (Wildman–Crippen LogP) is 14.2. The van der Waals surface area contributed by atoms with Crippen LogP contribution in [0.1, 0.15) is 201 Å². The highest BCUT2D eigenvalue weighted by Crippen LogP contribution is 2.50. The Morgan fingerprint density at radius 3 is 1.02 bits per heavy atom. The van der Waals surface area contributed by atoms with Crippen LogP contribution in [0.5, 0.6) is 0 Å². The molecule has 0 bridgehead atoms. The number of phosphoric acid groups is 1. The van der Waals surface area contributed by atoms with Crippen LogP contribution in [0.25, 0.3) is 0 Å². The van der Waals surface area contributed by atoms with Gasteiger partial charge in [-0.05, 0) is 71.1 Å². The fraction of sp³-hybridized carbons (Fsp3) is 0.895. The van der Waals surface area contributed by atoms with Crippen LogP contribution in [0.2, 0.25) is 0 Å². The van der Waals surface area contributed by atoms with E-state index in [2.05, 4.69) is 38.2 Å². The van der Waals surface area contributed by atoms with E-state index in [1.54, 1.807) is 6.92 Å². The highest BCUT2D eigenvalue weighted by atomic mass is 31.2. The fourth-order valence-corrected chi connectivity index (χ4v) is 6.35. The molecule has 0 saturated heterocycles. The molecule has 262 valence electrons. The second-order valence-corrected chi connectivity index (χ2v) is 14.0. The molecule has 0 amide bonds. The maximum atomic E-state index is 12.9. The first kappa shape index (κ1) is 43.5. The summed E-state index contributed by atoms with van der Waals surface area (Å²) in [7, 11) is -3.65. The van der Waals surface area contributed by atoms with Gasteiger partial charge in [-0.15, -0.1) is 4.67 Å². The van der Waals surface area contributed by atoms with Crippen molar-refractivity contribution in [1.29, 1.82) is 0 Å². The highest BCUT2D eigenvalue weighted by molar-refractivity contribution is 7.48. The van der Waals surface area contributed by atoms with Gasteiger partial charge in [0.2, 0.25) is 0 Å². The van der Waals surface area contributed by atoms with Crippen LogP contribution in [-0.2, 0) is 23.2 Å². The lowest BCUT2D eigenvalue weighted by molar-refractivity contribution is -0.222. The van der Waals surface area contributed by atoms with Crippen molar-refractivity contribution in [1.82, 2.24) is 0 Å². The third-order valence-corrected chi connectivity index (χ3v) is 9.36. The van der Waals surface area contributed by atoms with E-state index in [1.165, 1.54) is 154 Å². The lowest BCUT2D eigenvalue weighted by Gasteiger charge is -2.16. The predicted molar refractivity (Wildman–Crippen MR) is 191 cm³/mol. The molecule has 0 aromatic carbocycles. The van der Waals surface area contributed by atoms with E-state index < -0.39 is 7.82 Å². The van der Waals surface area contributed by atoms with Crippen molar-refractivity contribution in [2.24, 2.45) is 0 Å². The molecule has 0 rings (SSSR count). The Morgan fingerprint density at radius 2 is 0.705 bits per heavy atom. The molecule has 5 nitrogen and oxygen atoms in total. The maximum Gasteiger partial charge on any atom is 0.502 e. The summed E-state index contributed by atoms with van der Waals surface area (Å²) in [4.78, 5) is 4.94. The Bertz CT molecular complexity index is 603. The quantitative estimate of drug-likeness (QED) is 0.0222. The molecule has 0 heterocycles. The van der Waals surface area contributed by atoms with Gasteiger partial charge in [0, 0.05) is 0 Å². The molecular formula is C38H75O5P. The number of allylic oxidation sites excluding steroid dienone is 4. The summed E-state index contributed by atoms with van der Waals surface area (Å²) in [6.45, 7) is 7.39. The second kappa shape index (κ2) is 37.0. The van der Waals surface area contributed by atoms with E-state index >= 15 is 0 Å². The van der Waals surface area contributed by atoms with Gasteiger partial charge in [0.1, 0.15) is 0 Å². The van der Waals surface area contributed by atoms with Crippen molar-refractivity contribution in [3.05, 3.63) is 24.3 Å². The Hall–Kier alpha value is -0.450. The molecule has 0 aliphatic heterocycles. The molecule has 6 heteroatoms. The molecule has 0 fully saturated rings. The van der Waals surface area contributed by atoms with Crippen molar-refractivity contribution in [2.45, 2.75) is 201 Å². The van der Waals surface area contributed by atoms with Crippen LogP contribution < -0.4 is 0 Å². The lowest BCUT2D eigenvalue weighted by Crippen LogP contribution is -2.04. The Kier molecular flexibility index (Phi) is 36.6. The molecule has 0 atom stereocenters. The summed E-state index contributed by atoms with van der Waals surface area (Å²) < 4.78 is 29.0. The van der Waals surface area contributed by atoms with Crippen LogP contribution in [0.3, 0.4) is 0 Å². The topological polar surface area (TPSA) is 54.0 Å². The van der Waals surface area contributed by atoms with Gasteiger partial charge in [-0.3, -0.25) is 9.05 Å². The zero-order valence-electron chi connectivity index (χ0n) is 29.7. The largest absolute Gasteiger partial charge is 0.502 e. The molecule has 0 spiro atoms. The van der Waals surface area contributed by atoms with Gasteiger partial charge >= 0.3 is 7.82 Å². The van der Waals surface area contributed by atoms with Crippen LogP contribution >= 0.6 is 7.82 Å². The third-order valence-electron chi connectivity index (χ3n) is 8.07. The second-order valence-electron chi connectivity index (χ2n) is 12.5. The van der Waals surface area contributed by atoms with E-state index in [-0.39, 0.29) is 0 Å². The van der Waals surface area contributed by atoms with E-state index in [4.69, 9.17) is 18.6 Å². The molecular weight excluding hydrogens is 567 g/mol. The van der Waals surface area contributed by atoms with Crippen LogP contribution in [0.4, 0.5) is 0 Å². The molecule has 0 N–H and O–H groups in total. The number of phosphoric ester groups is 1. The first-order chi connectivity index (χ1) is 21.7. The molecule has 44 heavy (non-hydrogen) atoms. The van der Waals surface area contributed by atoms with Crippen LogP contribution in [0.15, 0.2) is 24.3 Å². The zero-order chi connectivity index (χ0) is 32.1. The maximum absolute atomic E-state index is 12.9. The van der Waals surface area contributed by atoms with Gasteiger partial charge in [-0.1, -0.05) is 154 Å². The van der Waals surface area contributed by atoms with Crippen LogP contribution in [0, 0.1) is 0 Å². The summed E-state index contributed by atoms with van der Waals surface area (Å²) in [5, 5.41) is 0. The minimum atomic E-state index is -3.65. The molecule has 0 aliphatic rings. The van der Waals surface area contributed by atoms with Crippen molar-refractivity contribution in [2.75, 3.05) is 19.8 Å². The molecule has 0 aromatic rings. The van der Waals surface area contributed by atoms with Gasteiger partial charge in [-0.2, -0.15) is 0 Å². The smallest absolute Gasteiger partial charge is 0.285 e. The summed E-state index contributed by atoms with van der Waals surface area (Å²) >= 11 is 0. The third kappa shape index (κ3) is 34.4. The minimum absolute atomic E-state index is 0.305. The van der Waals surface area contributed by atoms with Crippen molar-refractivity contribution in [3.63, 3.8) is 0 Å². The normalized spacial score (nSPS) is 13.4. The molecule has 0 unspecified atom stereocenters. The molecule has 0 aliphatic carbocycles. The summed E-state index contributed by atoms with van der Waals surface area (Å²) in [6, 6.07) is 0. The van der Waals surface area contributed by atoms with Gasteiger partial charge in [0.05, 0.1) is 19.8 Å². The summed E-state index contributed by atoms with van der Waals surface area (Å²) in [5.74, 6) is 0. The van der Waals surface area contributed by atoms with Crippen molar-refractivity contribution in [3.8, 4) is 0 Å². The lowest BCUT2D eigenvalue weighted by atomic mass is 10.1. The van der Waals surface area contributed by atoms with Gasteiger partial charge in [0.25, 0.3) is 0 Å². The Balaban J connectivity index is 3.66. The average molecular weight is 643 g/mol. The monoisotopic (exact) mass is 643 g/mol. The molecule has 0 aromatic heterocycles. The Labute approximate surface area is 275 Å². The average Bonchev–Trinajstić information content (AvgIpc) is 3.03. The van der Waals surface area contributed by atoms with Gasteiger partial charge in [-0.25, -0.2) is 9.45 Å². The van der Waals surface area contributed by atoms with Gasteiger partial charge < -0.3 is 0 Å².